The maximum Gasteiger partial charge on any atom is 0.270 e. The van der Waals surface area contributed by atoms with E-state index in [-0.39, 0.29) is 17.0 Å². The number of para-hydroxylation sites is 2. The highest BCUT2D eigenvalue weighted by molar-refractivity contribution is 9.10. The van der Waals surface area contributed by atoms with Crippen LogP contribution in [0.1, 0.15) is 30.2 Å². The molecule has 0 aliphatic carbocycles. The first-order chi connectivity index (χ1) is 14.6. The van der Waals surface area contributed by atoms with Gasteiger partial charge in [0.05, 0.1) is 11.2 Å². The number of aromatic nitrogens is 2. The van der Waals surface area contributed by atoms with Gasteiger partial charge in [0.25, 0.3) is 5.56 Å². The molecular weight excluding hydrogens is 444 g/mol. The molecular formula is C23H19BrN4O2. The predicted octanol–water partition coefficient (Wildman–Crippen LogP) is 4.70. The number of hydrogen-bond acceptors (Lipinski definition) is 5. The van der Waals surface area contributed by atoms with E-state index in [0.29, 0.717) is 0 Å². The van der Waals surface area contributed by atoms with Gasteiger partial charge in [-0.3, -0.25) is 4.79 Å². The maximum absolute atomic E-state index is 12.8. The van der Waals surface area contributed by atoms with E-state index in [1.54, 1.807) is 11.6 Å². The van der Waals surface area contributed by atoms with Gasteiger partial charge in [0.2, 0.25) is 0 Å². The lowest BCUT2D eigenvalue weighted by atomic mass is 9.95. The van der Waals surface area contributed by atoms with Crippen LogP contribution in [-0.2, 0) is 7.05 Å². The second-order valence-electron chi connectivity index (χ2n) is 7.64. The van der Waals surface area contributed by atoms with Crippen molar-refractivity contribution in [1.29, 1.82) is 5.26 Å². The van der Waals surface area contributed by atoms with Crippen LogP contribution >= 0.6 is 15.9 Å². The van der Waals surface area contributed by atoms with E-state index >= 15 is 0 Å². The summed E-state index contributed by atoms with van der Waals surface area (Å²) in [6, 6.07) is 15.8. The molecule has 6 nitrogen and oxygen atoms in total. The van der Waals surface area contributed by atoms with Crippen molar-refractivity contribution in [2.45, 2.75) is 18.8 Å². The molecule has 4 aromatic rings. The first-order valence-corrected chi connectivity index (χ1v) is 10.7. The lowest BCUT2D eigenvalue weighted by molar-refractivity contribution is 0.407. The summed E-state index contributed by atoms with van der Waals surface area (Å²) in [4.78, 5) is 19.7. The van der Waals surface area contributed by atoms with Crippen LogP contribution in [0.2, 0.25) is 0 Å². The lowest BCUT2D eigenvalue weighted by Gasteiger charge is -2.33. The second kappa shape index (κ2) is 7.29. The molecule has 0 saturated carbocycles. The molecule has 1 saturated heterocycles. The number of nitrogens with zero attached hydrogens (tertiary/aromatic N) is 4. The van der Waals surface area contributed by atoms with E-state index in [1.165, 1.54) is 0 Å². The average molecular weight is 463 g/mol. The number of rotatable bonds is 2. The van der Waals surface area contributed by atoms with Crippen LogP contribution < -0.4 is 10.5 Å². The monoisotopic (exact) mass is 462 g/mol. The van der Waals surface area contributed by atoms with Crippen molar-refractivity contribution in [3.05, 3.63) is 68.7 Å². The van der Waals surface area contributed by atoms with E-state index in [1.807, 2.05) is 42.5 Å². The number of pyridine rings is 1. The van der Waals surface area contributed by atoms with Crippen molar-refractivity contribution in [2.75, 3.05) is 18.0 Å². The van der Waals surface area contributed by atoms with Gasteiger partial charge in [-0.2, -0.15) is 5.26 Å². The van der Waals surface area contributed by atoms with Gasteiger partial charge in [-0.25, -0.2) is 4.98 Å². The third kappa shape index (κ3) is 2.99. The molecule has 1 aliphatic rings. The number of benzene rings is 2. The number of aryl methyl sites for hydroxylation is 1. The molecule has 1 aliphatic heterocycles. The summed E-state index contributed by atoms with van der Waals surface area (Å²) in [6.45, 7) is 1.47. The molecule has 0 amide bonds. The Morgan fingerprint density at radius 2 is 1.97 bits per heavy atom. The molecule has 0 unspecified atom stereocenters. The standard InChI is InChI=1S/C23H19BrN4O2/c1-27-19-12-15(24)6-7-16(19)21(17(13-25)23(27)29)28-10-8-14(9-11-28)22-26-18-4-2-3-5-20(18)30-22/h2-7,12,14H,8-11H2,1H3. The van der Waals surface area contributed by atoms with Crippen LogP contribution in [0.15, 0.2) is 56.1 Å². The predicted molar refractivity (Wildman–Crippen MR) is 120 cm³/mol. The summed E-state index contributed by atoms with van der Waals surface area (Å²) >= 11 is 3.48. The maximum atomic E-state index is 12.8. The van der Waals surface area contributed by atoms with Crippen molar-refractivity contribution < 1.29 is 4.42 Å². The highest BCUT2D eigenvalue weighted by Gasteiger charge is 2.28. The Bertz CT molecular complexity index is 1340. The van der Waals surface area contributed by atoms with Crippen LogP contribution in [0.5, 0.6) is 0 Å². The number of anilines is 1. The number of hydrogen-bond donors (Lipinski definition) is 0. The fraction of sp³-hybridized carbons (Fsp3) is 0.261. The van der Waals surface area contributed by atoms with Gasteiger partial charge in [0, 0.05) is 35.9 Å². The molecule has 5 rings (SSSR count). The number of fused-ring (bicyclic) bond motifs is 2. The molecule has 1 fully saturated rings. The van der Waals surface area contributed by atoms with Gasteiger partial charge < -0.3 is 13.9 Å². The fourth-order valence-corrected chi connectivity index (χ4v) is 4.69. The van der Waals surface area contributed by atoms with Gasteiger partial charge >= 0.3 is 0 Å². The molecule has 2 aromatic carbocycles. The van der Waals surface area contributed by atoms with Crippen molar-refractivity contribution in [3.63, 3.8) is 0 Å². The Morgan fingerprint density at radius 1 is 1.20 bits per heavy atom. The SMILES string of the molecule is Cn1c(=O)c(C#N)c(N2CCC(c3nc4ccccc4o3)CC2)c2ccc(Br)cc21. The van der Waals surface area contributed by atoms with Gasteiger partial charge in [-0.1, -0.05) is 28.1 Å². The van der Waals surface area contributed by atoms with Crippen LogP contribution in [0.3, 0.4) is 0 Å². The topological polar surface area (TPSA) is 75.1 Å². The quantitative estimate of drug-likeness (QED) is 0.431. The summed E-state index contributed by atoms with van der Waals surface area (Å²) in [7, 11) is 1.71. The Morgan fingerprint density at radius 3 is 2.70 bits per heavy atom. The highest BCUT2D eigenvalue weighted by atomic mass is 79.9. The third-order valence-electron chi connectivity index (χ3n) is 5.91. The fourth-order valence-electron chi connectivity index (χ4n) is 4.34. The summed E-state index contributed by atoms with van der Waals surface area (Å²) in [5.41, 5.74) is 3.17. The van der Waals surface area contributed by atoms with Crippen LogP contribution in [-0.4, -0.2) is 22.6 Å². The van der Waals surface area contributed by atoms with Gasteiger partial charge in [-0.15, -0.1) is 0 Å². The smallest absolute Gasteiger partial charge is 0.270 e. The van der Waals surface area contributed by atoms with E-state index in [4.69, 9.17) is 4.42 Å². The van der Waals surface area contributed by atoms with Crippen LogP contribution in [0, 0.1) is 11.3 Å². The molecule has 0 atom stereocenters. The number of halogens is 1. The Kier molecular flexibility index (Phi) is 4.59. The van der Waals surface area contributed by atoms with Crippen molar-refractivity contribution >= 4 is 43.6 Å². The minimum absolute atomic E-state index is 0.202. The normalized spacial score (nSPS) is 15.0. The zero-order valence-corrected chi connectivity index (χ0v) is 18.0. The summed E-state index contributed by atoms with van der Waals surface area (Å²) in [5, 5.41) is 10.7. The van der Waals surface area contributed by atoms with Crippen molar-refractivity contribution in [3.8, 4) is 6.07 Å². The largest absolute Gasteiger partial charge is 0.440 e. The van der Waals surface area contributed by atoms with E-state index in [2.05, 4.69) is 31.9 Å². The molecule has 0 radical (unpaired) electrons. The van der Waals surface area contributed by atoms with Crippen LogP contribution in [0.4, 0.5) is 5.69 Å². The Labute approximate surface area is 181 Å². The zero-order valence-electron chi connectivity index (χ0n) is 16.4. The number of piperidine rings is 1. The highest BCUT2D eigenvalue weighted by Crippen LogP contribution is 2.36. The van der Waals surface area contributed by atoms with Crippen molar-refractivity contribution in [2.24, 2.45) is 7.05 Å². The summed E-state index contributed by atoms with van der Waals surface area (Å²) < 4.78 is 8.42. The second-order valence-corrected chi connectivity index (χ2v) is 8.56. The molecule has 2 aromatic heterocycles. The van der Waals surface area contributed by atoms with Gasteiger partial charge in [0.15, 0.2) is 11.5 Å². The number of oxazole rings is 1. The molecule has 7 heteroatoms. The van der Waals surface area contributed by atoms with Crippen molar-refractivity contribution in [1.82, 2.24) is 9.55 Å². The zero-order chi connectivity index (χ0) is 20.8. The van der Waals surface area contributed by atoms with Crippen LogP contribution in [0.25, 0.3) is 22.0 Å². The minimum atomic E-state index is -0.265. The summed E-state index contributed by atoms with van der Waals surface area (Å²) in [5.74, 6) is 1.00. The Balaban J connectivity index is 1.51. The van der Waals surface area contributed by atoms with Gasteiger partial charge in [0.1, 0.15) is 17.1 Å². The minimum Gasteiger partial charge on any atom is -0.440 e. The van der Waals surface area contributed by atoms with E-state index in [0.717, 1.165) is 64.0 Å². The molecule has 0 N–H and O–H groups in total. The first-order valence-electron chi connectivity index (χ1n) is 9.89. The Hall–Kier alpha value is -3.11. The lowest BCUT2D eigenvalue weighted by Crippen LogP contribution is -2.35. The molecule has 0 spiro atoms. The molecule has 3 heterocycles. The molecule has 150 valence electrons. The van der Waals surface area contributed by atoms with E-state index < -0.39 is 0 Å². The average Bonchev–Trinajstić information content (AvgIpc) is 3.21. The molecule has 0 bridgehead atoms. The number of nitriles is 1. The molecule has 30 heavy (non-hydrogen) atoms. The van der Waals surface area contributed by atoms with Gasteiger partial charge in [-0.05, 0) is 43.2 Å². The third-order valence-corrected chi connectivity index (χ3v) is 6.41. The summed E-state index contributed by atoms with van der Waals surface area (Å²) in [6.07, 6.45) is 1.70. The first kappa shape index (κ1) is 18.9. The van der Waals surface area contributed by atoms with E-state index in [9.17, 15) is 10.1 Å².